The molecule has 0 aliphatic rings. The number of hydrogen-bond acceptors (Lipinski definition) is 4. The number of benzene rings is 1. The summed E-state index contributed by atoms with van der Waals surface area (Å²) < 4.78 is 39.4. The molecule has 1 rings (SSSR count). The zero-order chi connectivity index (χ0) is 14.5. The Kier molecular flexibility index (Phi) is 5.37. The standard InChI is InChI=1S/C11H12BF3O4/c13-11(14,15)10(16)19-7-1-2-8-3-5-9(6-4-8)12(17)18/h3-6,17-18H,1-2,7H2. The quantitative estimate of drug-likeness (QED) is 0.464. The highest BCUT2D eigenvalue weighted by Crippen LogP contribution is 2.16. The van der Waals surface area contributed by atoms with Crippen LogP contribution in [-0.2, 0) is 16.0 Å². The second-order valence-corrected chi connectivity index (χ2v) is 3.85. The molecule has 0 heterocycles. The average molecular weight is 276 g/mol. The third-order valence-corrected chi connectivity index (χ3v) is 2.35. The van der Waals surface area contributed by atoms with Crippen molar-refractivity contribution in [2.75, 3.05) is 6.61 Å². The van der Waals surface area contributed by atoms with E-state index in [0.717, 1.165) is 5.56 Å². The van der Waals surface area contributed by atoms with Crippen molar-refractivity contribution in [2.45, 2.75) is 19.0 Å². The van der Waals surface area contributed by atoms with Gasteiger partial charge in [-0.15, -0.1) is 0 Å². The molecule has 0 aliphatic carbocycles. The van der Waals surface area contributed by atoms with Gasteiger partial charge in [0.25, 0.3) is 0 Å². The van der Waals surface area contributed by atoms with Crippen molar-refractivity contribution in [3.63, 3.8) is 0 Å². The number of aryl methyl sites for hydroxylation is 1. The fraction of sp³-hybridized carbons (Fsp3) is 0.364. The summed E-state index contributed by atoms with van der Waals surface area (Å²) in [5.41, 5.74) is 1.12. The maximum atomic E-state index is 11.8. The smallest absolute Gasteiger partial charge is 0.459 e. The molecule has 19 heavy (non-hydrogen) atoms. The molecule has 0 saturated carbocycles. The monoisotopic (exact) mass is 276 g/mol. The molecule has 1 aromatic carbocycles. The van der Waals surface area contributed by atoms with Gasteiger partial charge in [0.1, 0.15) is 0 Å². The molecule has 0 spiro atoms. The topological polar surface area (TPSA) is 66.8 Å². The molecule has 1 aromatic rings. The number of halogens is 3. The zero-order valence-corrected chi connectivity index (χ0v) is 9.85. The van der Waals surface area contributed by atoms with Crippen molar-refractivity contribution in [1.29, 1.82) is 0 Å². The molecule has 0 fully saturated rings. The maximum Gasteiger partial charge on any atom is 0.490 e. The molecule has 2 N–H and O–H groups in total. The molecular weight excluding hydrogens is 264 g/mol. The van der Waals surface area contributed by atoms with Crippen LogP contribution in [-0.4, -0.2) is 35.9 Å². The van der Waals surface area contributed by atoms with Gasteiger partial charge in [0.2, 0.25) is 0 Å². The maximum absolute atomic E-state index is 11.8. The summed E-state index contributed by atoms with van der Waals surface area (Å²) in [6.45, 7) is -0.317. The molecule has 0 amide bonds. The average Bonchev–Trinajstić information content (AvgIpc) is 2.33. The highest BCUT2D eigenvalue weighted by Gasteiger charge is 2.40. The highest BCUT2D eigenvalue weighted by atomic mass is 19.4. The Hall–Kier alpha value is -1.54. The summed E-state index contributed by atoms with van der Waals surface area (Å²) in [5.74, 6) is -2.19. The van der Waals surface area contributed by atoms with Crippen LogP contribution in [0.1, 0.15) is 12.0 Å². The van der Waals surface area contributed by atoms with E-state index in [1.807, 2.05) is 0 Å². The predicted molar refractivity (Wildman–Crippen MR) is 61.6 cm³/mol. The van der Waals surface area contributed by atoms with E-state index in [-0.39, 0.29) is 13.0 Å². The van der Waals surface area contributed by atoms with Crippen LogP contribution >= 0.6 is 0 Å². The van der Waals surface area contributed by atoms with Crippen LogP contribution in [0.25, 0.3) is 0 Å². The van der Waals surface area contributed by atoms with E-state index in [1.54, 1.807) is 12.1 Å². The van der Waals surface area contributed by atoms with Gasteiger partial charge in [0.05, 0.1) is 6.61 Å². The zero-order valence-electron chi connectivity index (χ0n) is 9.85. The van der Waals surface area contributed by atoms with Crippen molar-refractivity contribution >= 4 is 18.6 Å². The van der Waals surface area contributed by atoms with Crippen LogP contribution in [0, 0.1) is 0 Å². The SMILES string of the molecule is O=C(OCCCc1ccc(B(O)O)cc1)C(F)(F)F. The molecular formula is C11H12BF3O4. The van der Waals surface area contributed by atoms with Gasteiger partial charge in [-0.2, -0.15) is 13.2 Å². The minimum absolute atomic E-state index is 0.253. The molecule has 0 atom stereocenters. The van der Waals surface area contributed by atoms with E-state index in [9.17, 15) is 18.0 Å². The lowest BCUT2D eigenvalue weighted by Gasteiger charge is -2.07. The van der Waals surface area contributed by atoms with Gasteiger partial charge >= 0.3 is 19.3 Å². The van der Waals surface area contributed by atoms with Gasteiger partial charge in [0, 0.05) is 0 Å². The van der Waals surface area contributed by atoms with E-state index in [0.29, 0.717) is 11.9 Å². The number of carbonyl (C=O) groups excluding carboxylic acids is 1. The summed E-state index contributed by atoms with van der Waals surface area (Å²) in [4.78, 5) is 10.4. The Labute approximate surface area is 108 Å². The summed E-state index contributed by atoms with van der Waals surface area (Å²) >= 11 is 0. The second kappa shape index (κ2) is 6.58. The summed E-state index contributed by atoms with van der Waals surface area (Å²) in [5, 5.41) is 17.7. The van der Waals surface area contributed by atoms with Crippen molar-refractivity contribution in [3.8, 4) is 0 Å². The van der Waals surface area contributed by atoms with Gasteiger partial charge in [-0.1, -0.05) is 24.3 Å². The lowest BCUT2D eigenvalue weighted by atomic mass is 9.80. The first-order valence-electron chi connectivity index (χ1n) is 5.49. The van der Waals surface area contributed by atoms with E-state index in [1.165, 1.54) is 12.1 Å². The van der Waals surface area contributed by atoms with Crippen molar-refractivity contribution in [2.24, 2.45) is 0 Å². The fourth-order valence-corrected chi connectivity index (χ4v) is 1.38. The third-order valence-electron chi connectivity index (χ3n) is 2.35. The third kappa shape index (κ3) is 5.31. The molecule has 0 aliphatic heterocycles. The molecule has 104 valence electrons. The van der Waals surface area contributed by atoms with Gasteiger partial charge in [0.15, 0.2) is 0 Å². The van der Waals surface area contributed by atoms with Crippen molar-refractivity contribution in [3.05, 3.63) is 29.8 Å². The molecule has 0 radical (unpaired) electrons. The highest BCUT2D eigenvalue weighted by molar-refractivity contribution is 6.58. The number of rotatable bonds is 5. The molecule has 4 nitrogen and oxygen atoms in total. The number of alkyl halides is 3. The first-order chi connectivity index (χ1) is 8.80. The van der Waals surface area contributed by atoms with Crippen LogP contribution in [0.4, 0.5) is 13.2 Å². The van der Waals surface area contributed by atoms with Crippen LogP contribution in [0.15, 0.2) is 24.3 Å². The Balaban J connectivity index is 2.32. The second-order valence-electron chi connectivity index (χ2n) is 3.85. The number of esters is 1. The first kappa shape index (κ1) is 15.5. The number of hydrogen-bond donors (Lipinski definition) is 2. The normalized spacial score (nSPS) is 11.2. The van der Waals surface area contributed by atoms with Gasteiger partial charge in [-0.05, 0) is 23.9 Å². The van der Waals surface area contributed by atoms with E-state index in [2.05, 4.69) is 4.74 Å². The Morgan fingerprint density at radius 3 is 2.26 bits per heavy atom. The Morgan fingerprint density at radius 1 is 1.21 bits per heavy atom. The van der Waals surface area contributed by atoms with Crippen LogP contribution in [0.2, 0.25) is 0 Å². The summed E-state index contributed by atoms with van der Waals surface area (Å²) in [6.07, 6.45) is -4.28. The molecule has 0 unspecified atom stereocenters. The molecule has 0 bridgehead atoms. The van der Waals surface area contributed by atoms with Crippen LogP contribution < -0.4 is 5.46 Å². The number of carbonyl (C=O) groups is 1. The fourth-order valence-electron chi connectivity index (χ4n) is 1.38. The minimum atomic E-state index is -4.96. The Bertz CT molecular complexity index is 417. The predicted octanol–water partition coefficient (Wildman–Crippen LogP) is 0.404. The molecule has 0 saturated heterocycles. The lowest BCUT2D eigenvalue weighted by molar-refractivity contribution is -0.199. The van der Waals surface area contributed by atoms with Gasteiger partial charge in [-0.3, -0.25) is 0 Å². The van der Waals surface area contributed by atoms with E-state index in [4.69, 9.17) is 10.0 Å². The van der Waals surface area contributed by atoms with Crippen molar-refractivity contribution in [1.82, 2.24) is 0 Å². The molecule has 8 heteroatoms. The van der Waals surface area contributed by atoms with E-state index >= 15 is 0 Å². The Morgan fingerprint density at radius 2 is 1.79 bits per heavy atom. The van der Waals surface area contributed by atoms with E-state index < -0.39 is 19.3 Å². The van der Waals surface area contributed by atoms with Crippen LogP contribution in [0.3, 0.4) is 0 Å². The largest absolute Gasteiger partial charge is 0.490 e. The summed E-state index contributed by atoms with van der Waals surface area (Å²) in [7, 11) is -1.55. The first-order valence-corrected chi connectivity index (χ1v) is 5.49. The van der Waals surface area contributed by atoms with Gasteiger partial charge < -0.3 is 14.8 Å². The van der Waals surface area contributed by atoms with Crippen molar-refractivity contribution < 1.29 is 32.8 Å². The minimum Gasteiger partial charge on any atom is -0.459 e. The van der Waals surface area contributed by atoms with Gasteiger partial charge in [-0.25, -0.2) is 4.79 Å². The molecule has 0 aromatic heterocycles. The lowest BCUT2D eigenvalue weighted by Crippen LogP contribution is -2.29. The number of ether oxygens (including phenoxy) is 1. The van der Waals surface area contributed by atoms with Crippen LogP contribution in [0.5, 0.6) is 0 Å². The summed E-state index contributed by atoms with van der Waals surface area (Å²) in [6, 6.07) is 6.25.